The maximum atomic E-state index is 12.4. The predicted molar refractivity (Wildman–Crippen MR) is 112 cm³/mol. The maximum Gasteiger partial charge on any atom is 0.226 e. The molecule has 0 saturated heterocycles. The number of nitrogens with one attached hydrogen (secondary N) is 1. The van der Waals surface area contributed by atoms with E-state index >= 15 is 0 Å². The van der Waals surface area contributed by atoms with Crippen LogP contribution in [0.25, 0.3) is 11.4 Å². The number of anilines is 1. The van der Waals surface area contributed by atoms with Gasteiger partial charge in [0.2, 0.25) is 17.6 Å². The molecule has 3 aromatic heterocycles. The molecular weight excluding hydrogens is 380 g/mol. The Kier molecular flexibility index (Phi) is 5.93. The van der Waals surface area contributed by atoms with Crippen molar-refractivity contribution in [2.24, 2.45) is 0 Å². The number of imidazole rings is 1. The van der Waals surface area contributed by atoms with Crippen molar-refractivity contribution in [2.75, 3.05) is 5.32 Å². The van der Waals surface area contributed by atoms with Gasteiger partial charge in [0.1, 0.15) is 5.82 Å². The molecule has 0 spiro atoms. The highest BCUT2D eigenvalue weighted by Crippen LogP contribution is 2.18. The van der Waals surface area contributed by atoms with Gasteiger partial charge in [-0.3, -0.25) is 9.78 Å². The Morgan fingerprint density at radius 2 is 1.97 bits per heavy atom. The molecule has 3 heterocycles. The lowest BCUT2D eigenvalue weighted by Gasteiger charge is -2.12. The minimum absolute atomic E-state index is 0.0429. The van der Waals surface area contributed by atoms with Crippen molar-refractivity contribution >= 4 is 11.6 Å². The van der Waals surface area contributed by atoms with Crippen LogP contribution in [-0.2, 0) is 17.8 Å². The molecule has 1 amide bonds. The molecule has 0 saturated carbocycles. The lowest BCUT2D eigenvalue weighted by atomic mass is 10.1. The van der Waals surface area contributed by atoms with E-state index in [2.05, 4.69) is 25.4 Å². The van der Waals surface area contributed by atoms with E-state index < -0.39 is 0 Å². The zero-order valence-corrected chi connectivity index (χ0v) is 16.7. The molecule has 0 atom stereocenters. The first kappa shape index (κ1) is 19.5. The number of carbonyl (C=O) groups is 1. The van der Waals surface area contributed by atoms with Crippen molar-refractivity contribution in [3.63, 3.8) is 0 Å². The van der Waals surface area contributed by atoms with Gasteiger partial charge < -0.3 is 14.4 Å². The first-order chi connectivity index (χ1) is 14.7. The van der Waals surface area contributed by atoms with Gasteiger partial charge in [-0.05, 0) is 37.1 Å². The predicted octanol–water partition coefficient (Wildman–Crippen LogP) is 3.65. The quantitative estimate of drug-likeness (QED) is 0.483. The van der Waals surface area contributed by atoms with Crippen LogP contribution in [-0.4, -0.2) is 30.6 Å². The average Bonchev–Trinajstić information content (AvgIpc) is 3.39. The lowest BCUT2D eigenvalue weighted by molar-refractivity contribution is -0.116. The van der Waals surface area contributed by atoms with E-state index in [0.717, 1.165) is 22.6 Å². The van der Waals surface area contributed by atoms with Crippen molar-refractivity contribution < 1.29 is 9.32 Å². The summed E-state index contributed by atoms with van der Waals surface area (Å²) < 4.78 is 7.33. The van der Waals surface area contributed by atoms with Gasteiger partial charge in [-0.2, -0.15) is 4.98 Å². The molecule has 0 aliphatic carbocycles. The largest absolute Gasteiger partial charge is 0.339 e. The van der Waals surface area contributed by atoms with Gasteiger partial charge in [-0.15, -0.1) is 0 Å². The highest BCUT2D eigenvalue weighted by Gasteiger charge is 2.11. The van der Waals surface area contributed by atoms with Crippen LogP contribution < -0.4 is 5.32 Å². The summed E-state index contributed by atoms with van der Waals surface area (Å²) in [6.07, 6.45) is 8.59. The number of aromatic nitrogens is 5. The normalized spacial score (nSPS) is 10.8. The maximum absolute atomic E-state index is 12.4. The molecule has 30 heavy (non-hydrogen) atoms. The van der Waals surface area contributed by atoms with E-state index in [-0.39, 0.29) is 5.91 Å². The highest BCUT2D eigenvalue weighted by atomic mass is 16.5. The molecule has 0 bridgehead atoms. The topological polar surface area (TPSA) is 98.7 Å². The summed E-state index contributed by atoms with van der Waals surface area (Å²) in [5, 5.41) is 7.00. The first-order valence-corrected chi connectivity index (χ1v) is 9.77. The zero-order valence-electron chi connectivity index (χ0n) is 16.7. The summed E-state index contributed by atoms with van der Waals surface area (Å²) in [6.45, 7) is 2.61. The van der Waals surface area contributed by atoms with Gasteiger partial charge in [0.05, 0.1) is 6.54 Å². The second-order valence-corrected chi connectivity index (χ2v) is 6.91. The number of hydrogen-bond donors (Lipinski definition) is 1. The Balaban J connectivity index is 1.31. The van der Waals surface area contributed by atoms with Crippen LogP contribution >= 0.6 is 0 Å². The van der Waals surface area contributed by atoms with Crippen LogP contribution in [0.4, 0.5) is 5.69 Å². The second-order valence-electron chi connectivity index (χ2n) is 6.91. The molecule has 0 fully saturated rings. The molecule has 152 valence electrons. The molecule has 4 aromatic rings. The van der Waals surface area contributed by atoms with E-state index in [1.54, 1.807) is 18.6 Å². The number of nitrogens with zero attached hydrogens (tertiary/aromatic N) is 5. The number of pyridine rings is 1. The highest BCUT2D eigenvalue weighted by molar-refractivity contribution is 5.91. The van der Waals surface area contributed by atoms with E-state index in [9.17, 15) is 4.79 Å². The number of aryl methyl sites for hydroxylation is 2. The third-order valence-corrected chi connectivity index (χ3v) is 4.76. The molecule has 1 aromatic carbocycles. The minimum Gasteiger partial charge on any atom is -0.339 e. The summed E-state index contributed by atoms with van der Waals surface area (Å²) in [5.74, 6) is 1.94. The van der Waals surface area contributed by atoms with Crippen molar-refractivity contribution in [2.45, 2.75) is 32.7 Å². The van der Waals surface area contributed by atoms with Crippen molar-refractivity contribution in [1.82, 2.24) is 24.7 Å². The van der Waals surface area contributed by atoms with Gasteiger partial charge in [0.15, 0.2) is 0 Å². The summed E-state index contributed by atoms with van der Waals surface area (Å²) in [6, 6.07) is 11.5. The summed E-state index contributed by atoms with van der Waals surface area (Å²) in [4.78, 5) is 25.0. The summed E-state index contributed by atoms with van der Waals surface area (Å²) in [7, 11) is 0. The Hall–Kier alpha value is -3.81. The monoisotopic (exact) mass is 402 g/mol. The average molecular weight is 402 g/mol. The van der Waals surface area contributed by atoms with Gasteiger partial charge in [-0.1, -0.05) is 23.4 Å². The number of para-hydroxylation sites is 1. The number of amides is 1. The van der Waals surface area contributed by atoms with Crippen LogP contribution in [0, 0.1) is 6.92 Å². The molecule has 4 rings (SSSR count). The van der Waals surface area contributed by atoms with Crippen LogP contribution in [0.3, 0.4) is 0 Å². The molecule has 8 heteroatoms. The number of hydrogen-bond acceptors (Lipinski definition) is 6. The molecule has 8 nitrogen and oxygen atoms in total. The molecule has 0 unspecified atom stereocenters. The fourth-order valence-corrected chi connectivity index (χ4v) is 3.12. The van der Waals surface area contributed by atoms with Crippen LogP contribution in [0.5, 0.6) is 0 Å². The SMILES string of the molecule is Cc1nccn1Cc1ccccc1NC(=O)CCCc1nc(-c2ccncc2)no1. The standard InChI is InChI=1S/C22H22N6O2/c1-16-24-13-14-28(16)15-18-5-2-3-6-19(18)25-20(29)7-4-8-21-26-22(27-30-21)17-9-11-23-12-10-17/h2-3,5-6,9-14H,4,7-8,15H2,1H3,(H,25,29). The lowest BCUT2D eigenvalue weighted by Crippen LogP contribution is -2.14. The smallest absolute Gasteiger partial charge is 0.226 e. The molecule has 0 radical (unpaired) electrons. The summed E-state index contributed by atoms with van der Waals surface area (Å²) in [5.41, 5.74) is 2.70. The van der Waals surface area contributed by atoms with E-state index in [0.29, 0.717) is 37.5 Å². The van der Waals surface area contributed by atoms with Gasteiger partial charge in [0.25, 0.3) is 0 Å². The van der Waals surface area contributed by atoms with Crippen molar-refractivity contribution in [3.8, 4) is 11.4 Å². The fraction of sp³-hybridized carbons (Fsp3) is 0.227. The number of carbonyl (C=O) groups excluding carboxylic acids is 1. The van der Waals surface area contributed by atoms with Crippen LogP contribution in [0.2, 0.25) is 0 Å². The van der Waals surface area contributed by atoms with Crippen molar-refractivity contribution in [1.29, 1.82) is 0 Å². The minimum atomic E-state index is -0.0429. The summed E-state index contributed by atoms with van der Waals surface area (Å²) >= 11 is 0. The number of benzene rings is 1. The second kappa shape index (κ2) is 9.13. The van der Waals surface area contributed by atoms with Crippen molar-refractivity contribution in [3.05, 3.63) is 78.5 Å². The van der Waals surface area contributed by atoms with E-state index in [1.807, 2.05) is 54.1 Å². The van der Waals surface area contributed by atoms with E-state index in [4.69, 9.17) is 4.52 Å². The first-order valence-electron chi connectivity index (χ1n) is 9.77. The van der Waals surface area contributed by atoms with E-state index in [1.165, 1.54) is 0 Å². The molecular formula is C22H22N6O2. The number of rotatable bonds is 8. The van der Waals surface area contributed by atoms with Gasteiger partial charge >= 0.3 is 0 Å². The Labute approximate surface area is 174 Å². The third kappa shape index (κ3) is 4.78. The Bertz CT molecular complexity index is 1120. The fourth-order valence-electron chi connectivity index (χ4n) is 3.12. The Morgan fingerprint density at radius 1 is 1.13 bits per heavy atom. The van der Waals surface area contributed by atoms with Gasteiger partial charge in [0, 0.05) is 48.9 Å². The van der Waals surface area contributed by atoms with Gasteiger partial charge in [-0.25, -0.2) is 4.98 Å². The van der Waals surface area contributed by atoms with Crippen LogP contribution in [0.15, 0.2) is 65.7 Å². The molecule has 1 N–H and O–H groups in total. The third-order valence-electron chi connectivity index (χ3n) is 4.76. The zero-order chi connectivity index (χ0) is 20.8. The van der Waals surface area contributed by atoms with Crippen LogP contribution in [0.1, 0.15) is 30.1 Å². The molecule has 0 aliphatic heterocycles. The Morgan fingerprint density at radius 3 is 2.77 bits per heavy atom. The molecule has 0 aliphatic rings.